The highest BCUT2D eigenvalue weighted by Crippen LogP contribution is 2.44. The van der Waals surface area contributed by atoms with Crippen molar-refractivity contribution in [1.82, 2.24) is 39.9 Å². The zero-order valence-corrected chi connectivity index (χ0v) is 30.7. The summed E-state index contributed by atoms with van der Waals surface area (Å²) < 4.78 is 130. The molecule has 2 N–H and O–H groups in total. The Balaban J connectivity index is 1.61. The quantitative estimate of drug-likeness (QED) is 0.149. The maximum Gasteiger partial charge on any atom is 0.167 e. The van der Waals surface area contributed by atoms with Gasteiger partial charge in [-0.05, 0) is 99.9 Å². The van der Waals surface area contributed by atoms with E-state index in [2.05, 4.69) is 39.9 Å². The first-order valence-corrected chi connectivity index (χ1v) is 17.2. The molecule has 7 aromatic rings. The van der Waals surface area contributed by atoms with Crippen LogP contribution in [0.4, 0.5) is 35.1 Å². The maximum absolute atomic E-state index is 16.3. The van der Waals surface area contributed by atoms with E-state index in [1.807, 2.05) is 0 Å². The van der Waals surface area contributed by atoms with Gasteiger partial charge in [-0.2, -0.15) is 0 Å². The zero-order chi connectivity index (χ0) is 40.1. The van der Waals surface area contributed by atoms with Gasteiger partial charge in [-0.15, -0.1) is 0 Å². The molecule has 0 atom stereocenters. The Kier molecular flexibility index (Phi) is 7.33. The van der Waals surface area contributed by atoms with Crippen LogP contribution in [0.2, 0.25) is 0 Å². The van der Waals surface area contributed by atoms with Gasteiger partial charge in [0.2, 0.25) is 0 Å². The highest BCUT2D eigenvalue weighted by molar-refractivity contribution is 6.08. The summed E-state index contributed by atoms with van der Waals surface area (Å²) in [6.45, 7) is 10.6. The molecule has 16 heteroatoms. The van der Waals surface area contributed by atoms with Gasteiger partial charge in [0.15, 0.2) is 23.3 Å². The third-order valence-corrected chi connectivity index (χ3v) is 11.2. The Labute approximate surface area is 310 Å². The van der Waals surface area contributed by atoms with Crippen LogP contribution in [0.25, 0.3) is 89.7 Å². The summed E-state index contributed by atoms with van der Waals surface area (Å²) >= 11 is 0. The SMILES string of the molecule is Cc1c(C)c(F)c2c(c1F)-c1nc-2nc2[nH]c(nc3nc(nc4[nH]c(n1)c1c(F)c(C)c(C)c(F)c41)-c1c(F)c(C)c(C)c(F)c1-3)c1c(F)c(C)c(C)c(F)c21. The summed E-state index contributed by atoms with van der Waals surface area (Å²) in [5, 5.41) is -1.85. The largest absolute Gasteiger partial charge is 0.324 e. The van der Waals surface area contributed by atoms with Crippen LogP contribution in [-0.2, 0) is 0 Å². The van der Waals surface area contributed by atoms with E-state index < -0.39 is 136 Å². The summed E-state index contributed by atoms with van der Waals surface area (Å²) in [5.41, 5.74) is -4.59. The number of nitrogens with zero attached hydrogens (tertiary/aromatic N) is 6. The normalized spacial score (nSPS) is 12.3. The van der Waals surface area contributed by atoms with Crippen molar-refractivity contribution in [3.63, 3.8) is 0 Å². The fourth-order valence-corrected chi connectivity index (χ4v) is 7.41. The van der Waals surface area contributed by atoms with Gasteiger partial charge in [-0.3, -0.25) is 0 Å². The Bertz CT molecular complexity index is 2800. The molecule has 282 valence electrons. The molecule has 2 aliphatic rings. The Morgan fingerprint density at radius 1 is 0.268 bits per heavy atom. The van der Waals surface area contributed by atoms with E-state index in [1.54, 1.807) is 0 Å². The van der Waals surface area contributed by atoms with E-state index in [0.717, 1.165) is 0 Å². The molecule has 0 fully saturated rings. The third-order valence-electron chi connectivity index (χ3n) is 11.2. The average Bonchev–Trinajstić information content (AvgIpc) is 3.92. The van der Waals surface area contributed by atoms with Crippen molar-refractivity contribution in [3.05, 3.63) is 91.0 Å². The minimum atomic E-state index is -0.956. The lowest BCUT2D eigenvalue weighted by Gasteiger charge is -2.10. The predicted octanol–water partition coefficient (Wildman–Crippen LogP) is 10.4. The summed E-state index contributed by atoms with van der Waals surface area (Å²) in [6.07, 6.45) is 0. The number of fused-ring (bicyclic) bond motifs is 20. The molecule has 3 aromatic heterocycles. The second-order valence-corrected chi connectivity index (χ2v) is 14.1. The fraction of sp³-hybridized carbons (Fsp3) is 0.200. The lowest BCUT2D eigenvalue weighted by Crippen LogP contribution is -1.99. The topological polar surface area (TPSA) is 109 Å². The smallest absolute Gasteiger partial charge is 0.167 e. The van der Waals surface area contributed by atoms with Gasteiger partial charge in [0.05, 0.1) is 43.8 Å². The van der Waals surface area contributed by atoms with Gasteiger partial charge in [-0.1, -0.05) is 0 Å². The molecular weight excluding hydrogens is 744 g/mol. The molecule has 8 bridgehead atoms. The molecule has 0 amide bonds. The van der Waals surface area contributed by atoms with Crippen molar-refractivity contribution < 1.29 is 35.1 Å². The number of aromatic amines is 2. The van der Waals surface area contributed by atoms with Crippen molar-refractivity contribution in [2.24, 2.45) is 0 Å². The summed E-state index contributed by atoms with van der Waals surface area (Å²) in [7, 11) is 0. The Morgan fingerprint density at radius 2 is 0.446 bits per heavy atom. The van der Waals surface area contributed by atoms with Gasteiger partial charge in [0.1, 0.15) is 69.1 Å². The minimum Gasteiger partial charge on any atom is -0.324 e. The molecule has 0 unspecified atom stereocenters. The number of benzene rings is 4. The van der Waals surface area contributed by atoms with Crippen LogP contribution in [0.3, 0.4) is 0 Å². The van der Waals surface area contributed by atoms with E-state index in [-0.39, 0.29) is 44.5 Å². The molecule has 0 aliphatic carbocycles. The van der Waals surface area contributed by atoms with Crippen LogP contribution in [0.1, 0.15) is 44.5 Å². The minimum absolute atomic E-state index is 0.103. The van der Waals surface area contributed by atoms with Crippen LogP contribution < -0.4 is 0 Å². The Morgan fingerprint density at radius 3 is 0.643 bits per heavy atom. The number of hydrogen-bond donors (Lipinski definition) is 2. The number of halogens is 8. The van der Waals surface area contributed by atoms with Gasteiger partial charge >= 0.3 is 0 Å². The molecule has 56 heavy (non-hydrogen) atoms. The van der Waals surface area contributed by atoms with E-state index in [1.165, 1.54) is 55.4 Å². The van der Waals surface area contributed by atoms with Gasteiger partial charge in [-0.25, -0.2) is 65.0 Å². The summed E-state index contributed by atoms with van der Waals surface area (Å²) in [4.78, 5) is 31.7. The zero-order valence-electron chi connectivity index (χ0n) is 30.7. The molecular formula is C40H26F8N8. The predicted molar refractivity (Wildman–Crippen MR) is 194 cm³/mol. The first-order chi connectivity index (χ1) is 26.4. The van der Waals surface area contributed by atoms with E-state index in [4.69, 9.17) is 0 Å². The molecule has 9 rings (SSSR count). The molecule has 0 saturated carbocycles. The van der Waals surface area contributed by atoms with Crippen LogP contribution in [0.5, 0.6) is 0 Å². The van der Waals surface area contributed by atoms with Crippen LogP contribution in [-0.4, -0.2) is 39.9 Å². The highest BCUT2D eigenvalue weighted by Gasteiger charge is 2.34. The van der Waals surface area contributed by atoms with Crippen LogP contribution in [0, 0.1) is 102 Å². The molecule has 2 aliphatic heterocycles. The average molecular weight is 771 g/mol. The monoisotopic (exact) mass is 770 g/mol. The summed E-state index contributed by atoms with van der Waals surface area (Å²) in [5.74, 6) is -9.73. The van der Waals surface area contributed by atoms with E-state index >= 15 is 35.1 Å². The molecule has 5 heterocycles. The van der Waals surface area contributed by atoms with E-state index in [0.29, 0.717) is 0 Å². The van der Waals surface area contributed by atoms with Crippen molar-refractivity contribution >= 4 is 44.1 Å². The van der Waals surface area contributed by atoms with Crippen molar-refractivity contribution in [2.45, 2.75) is 55.4 Å². The first kappa shape index (κ1) is 35.4. The number of aromatic nitrogens is 8. The molecule has 4 aromatic carbocycles. The second kappa shape index (κ2) is 11.6. The molecule has 0 spiro atoms. The molecule has 0 radical (unpaired) electrons. The lowest BCUT2D eigenvalue weighted by atomic mass is 9.98. The number of nitrogens with one attached hydrogen (secondary N) is 2. The highest BCUT2D eigenvalue weighted by atomic mass is 19.2. The molecule has 8 nitrogen and oxygen atoms in total. The first-order valence-electron chi connectivity index (χ1n) is 17.2. The van der Waals surface area contributed by atoms with Gasteiger partial charge in [0.25, 0.3) is 0 Å². The maximum atomic E-state index is 16.3. The third kappa shape index (κ3) is 4.40. The van der Waals surface area contributed by atoms with Crippen LogP contribution >= 0.6 is 0 Å². The number of H-pyrrole nitrogens is 2. The van der Waals surface area contributed by atoms with Crippen LogP contribution in [0.15, 0.2) is 0 Å². The van der Waals surface area contributed by atoms with Gasteiger partial charge in [0, 0.05) is 0 Å². The number of hydrogen-bond acceptors (Lipinski definition) is 6. The van der Waals surface area contributed by atoms with Crippen molar-refractivity contribution in [2.75, 3.05) is 0 Å². The Hall–Kier alpha value is -6.32. The second-order valence-electron chi connectivity index (χ2n) is 14.1. The molecule has 0 saturated heterocycles. The van der Waals surface area contributed by atoms with E-state index in [9.17, 15) is 0 Å². The standard InChI is InChI=1S/C40H26F8N8/c1-9-10(2)26(42)18-17(25(9)41)33-49-34(18)54-36-21-22(30(46)14(6)13(5)29(21)45)38(51-36)56-40-24-23(31(47)15(7)16(8)32(24)48)39(52-40)55-37-20-19(35(50-37)53-33)27(43)11(3)12(4)28(20)44/h1-8H3,(H2,49,50,51,52,53,54,55,56). The van der Waals surface area contributed by atoms with Gasteiger partial charge < -0.3 is 9.97 Å². The van der Waals surface area contributed by atoms with Crippen molar-refractivity contribution in [3.8, 4) is 45.6 Å². The number of rotatable bonds is 0. The lowest BCUT2D eigenvalue weighted by molar-refractivity contribution is 0.590. The fourth-order valence-electron chi connectivity index (χ4n) is 7.41. The van der Waals surface area contributed by atoms with Crippen molar-refractivity contribution in [1.29, 1.82) is 0 Å². The summed E-state index contributed by atoms with van der Waals surface area (Å²) in [6, 6.07) is 0.